The van der Waals surface area contributed by atoms with E-state index in [4.69, 9.17) is 10.5 Å². The molecule has 1 aromatic rings. The van der Waals surface area contributed by atoms with Crippen molar-refractivity contribution < 1.29 is 4.74 Å². The minimum atomic E-state index is 0.0974. The van der Waals surface area contributed by atoms with E-state index in [-0.39, 0.29) is 5.54 Å². The molecule has 88 valence electrons. The summed E-state index contributed by atoms with van der Waals surface area (Å²) in [5, 5.41) is 3.53. The first-order valence-electron chi connectivity index (χ1n) is 5.50. The second-order valence-electron chi connectivity index (χ2n) is 4.53. The summed E-state index contributed by atoms with van der Waals surface area (Å²) in [6.07, 6.45) is 2.03. The summed E-state index contributed by atoms with van der Waals surface area (Å²) in [6, 6.07) is 5.94. The minimum Gasteiger partial charge on any atom is -0.397 e. The lowest BCUT2D eigenvalue weighted by Crippen LogP contribution is -2.40. The highest BCUT2D eigenvalue weighted by molar-refractivity contribution is 9.10. The topological polar surface area (TPSA) is 47.3 Å². The van der Waals surface area contributed by atoms with Crippen LogP contribution in [-0.2, 0) is 4.74 Å². The molecule has 0 amide bonds. The Kier molecular flexibility index (Phi) is 3.40. The van der Waals surface area contributed by atoms with Crippen LogP contribution in [0.25, 0.3) is 0 Å². The zero-order valence-corrected chi connectivity index (χ0v) is 11.0. The van der Waals surface area contributed by atoms with Crippen LogP contribution in [-0.4, -0.2) is 18.8 Å². The molecule has 1 saturated heterocycles. The molecule has 1 fully saturated rings. The molecule has 2 rings (SSSR count). The molecular weight excluding hydrogens is 268 g/mol. The van der Waals surface area contributed by atoms with Gasteiger partial charge >= 0.3 is 0 Å². The van der Waals surface area contributed by atoms with Gasteiger partial charge in [0.2, 0.25) is 0 Å². The molecule has 1 aromatic carbocycles. The first kappa shape index (κ1) is 11.7. The quantitative estimate of drug-likeness (QED) is 0.821. The van der Waals surface area contributed by atoms with E-state index in [0.717, 1.165) is 41.9 Å². The molecule has 3 N–H and O–H groups in total. The number of hydrogen-bond donors (Lipinski definition) is 2. The molecule has 0 radical (unpaired) electrons. The average Bonchev–Trinajstić information content (AvgIpc) is 2.23. The fourth-order valence-corrected chi connectivity index (χ4v) is 2.30. The molecule has 3 nitrogen and oxygen atoms in total. The normalized spacial score (nSPS) is 19.4. The van der Waals surface area contributed by atoms with Gasteiger partial charge in [0.15, 0.2) is 0 Å². The largest absolute Gasteiger partial charge is 0.397 e. The van der Waals surface area contributed by atoms with E-state index in [2.05, 4.69) is 28.2 Å². The van der Waals surface area contributed by atoms with Crippen molar-refractivity contribution in [2.24, 2.45) is 0 Å². The maximum Gasteiger partial charge on any atom is 0.0578 e. The van der Waals surface area contributed by atoms with Crippen molar-refractivity contribution in [1.82, 2.24) is 0 Å². The molecule has 0 aromatic heterocycles. The van der Waals surface area contributed by atoms with E-state index in [0.29, 0.717) is 0 Å². The number of nitrogen functional groups attached to an aromatic ring is 1. The highest BCUT2D eigenvalue weighted by atomic mass is 79.9. The predicted octanol–water partition coefficient (Wildman–Crippen LogP) is 3.01. The Bertz CT molecular complexity index is 375. The van der Waals surface area contributed by atoms with Gasteiger partial charge in [-0.2, -0.15) is 0 Å². The van der Waals surface area contributed by atoms with E-state index in [1.54, 1.807) is 0 Å². The molecule has 1 aliphatic rings. The summed E-state index contributed by atoms with van der Waals surface area (Å²) in [7, 11) is 0. The third-order valence-corrected chi connectivity index (χ3v) is 3.54. The molecule has 4 heteroatoms. The highest BCUT2D eigenvalue weighted by Crippen LogP contribution is 2.30. The van der Waals surface area contributed by atoms with E-state index in [1.807, 2.05) is 18.2 Å². The van der Waals surface area contributed by atoms with Gasteiger partial charge in [0.05, 0.1) is 11.4 Å². The van der Waals surface area contributed by atoms with Crippen LogP contribution in [0.2, 0.25) is 0 Å². The van der Waals surface area contributed by atoms with Gasteiger partial charge < -0.3 is 15.8 Å². The van der Waals surface area contributed by atoms with Gasteiger partial charge in [0.25, 0.3) is 0 Å². The van der Waals surface area contributed by atoms with Gasteiger partial charge in [0.1, 0.15) is 0 Å². The number of nitrogens with two attached hydrogens (primary N) is 1. The number of halogens is 1. The van der Waals surface area contributed by atoms with Crippen LogP contribution < -0.4 is 11.1 Å². The number of hydrogen-bond acceptors (Lipinski definition) is 3. The van der Waals surface area contributed by atoms with Crippen molar-refractivity contribution in [2.75, 3.05) is 24.3 Å². The first-order chi connectivity index (χ1) is 7.59. The van der Waals surface area contributed by atoms with Crippen LogP contribution in [0.4, 0.5) is 11.4 Å². The van der Waals surface area contributed by atoms with Crippen LogP contribution in [0.15, 0.2) is 22.7 Å². The summed E-state index contributed by atoms with van der Waals surface area (Å²) in [6.45, 7) is 3.86. The first-order valence-corrected chi connectivity index (χ1v) is 6.29. The Labute approximate surface area is 104 Å². The van der Waals surface area contributed by atoms with Gasteiger partial charge in [-0.05, 0) is 38.0 Å². The highest BCUT2D eigenvalue weighted by Gasteiger charge is 2.27. The third kappa shape index (κ3) is 2.68. The lowest BCUT2D eigenvalue weighted by atomic mass is 9.92. The van der Waals surface area contributed by atoms with Gasteiger partial charge in [0, 0.05) is 23.2 Å². The second kappa shape index (κ2) is 4.63. The van der Waals surface area contributed by atoms with Crippen LogP contribution in [0, 0.1) is 0 Å². The Morgan fingerprint density at radius 1 is 1.38 bits per heavy atom. The Morgan fingerprint density at radius 3 is 2.69 bits per heavy atom. The van der Waals surface area contributed by atoms with Gasteiger partial charge in [-0.1, -0.05) is 15.9 Å². The van der Waals surface area contributed by atoms with Gasteiger partial charge in [-0.15, -0.1) is 0 Å². The van der Waals surface area contributed by atoms with Crippen molar-refractivity contribution in [3.8, 4) is 0 Å². The fraction of sp³-hybridized carbons (Fsp3) is 0.500. The van der Waals surface area contributed by atoms with E-state index in [1.165, 1.54) is 0 Å². The lowest BCUT2D eigenvalue weighted by Gasteiger charge is -2.35. The number of ether oxygens (including phenoxy) is 1. The van der Waals surface area contributed by atoms with Crippen LogP contribution >= 0.6 is 15.9 Å². The van der Waals surface area contributed by atoms with Crippen molar-refractivity contribution in [3.05, 3.63) is 22.7 Å². The molecule has 0 spiro atoms. The standard InChI is InChI=1S/C12H17BrN2O/c1-12(4-6-16-7-5-12)15-11-3-2-9(13)8-10(11)14/h2-3,8,15H,4-7,14H2,1H3. The molecule has 0 bridgehead atoms. The maximum atomic E-state index is 5.97. The minimum absolute atomic E-state index is 0.0974. The number of benzene rings is 1. The smallest absolute Gasteiger partial charge is 0.0578 e. The van der Waals surface area contributed by atoms with E-state index in [9.17, 15) is 0 Å². The molecule has 0 atom stereocenters. The van der Waals surface area contributed by atoms with Crippen LogP contribution in [0.5, 0.6) is 0 Å². The molecule has 0 unspecified atom stereocenters. The monoisotopic (exact) mass is 284 g/mol. The van der Waals surface area contributed by atoms with Crippen molar-refractivity contribution >= 4 is 27.3 Å². The Hall–Kier alpha value is -0.740. The number of nitrogens with one attached hydrogen (secondary N) is 1. The predicted molar refractivity (Wildman–Crippen MR) is 70.6 cm³/mol. The lowest BCUT2D eigenvalue weighted by molar-refractivity contribution is 0.0658. The van der Waals surface area contributed by atoms with Crippen LogP contribution in [0.3, 0.4) is 0 Å². The van der Waals surface area contributed by atoms with Gasteiger partial charge in [-0.3, -0.25) is 0 Å². The summed E-state index contributed by atoms with van der Waals surface area (Å²) in [4.78, 5) is 0. The fourth-order valence-electron chi connectivity index (χ4n) is 1.92. The maximum absolute atomic E-state index is 5.97. The molecule has 1 heterocycles. The van der Waals surface area contributed by atoms with Crippen molar-refractivity contribution in [3.63, 3.8) is 0 Å². The van der Waals surface area contributed by atoms with E-state index >= 15 is 0 Å². The van der Waals surface area contributed by atoms with Crippen molar-refractivity contribution in [1.29, 1.82) is 0 Å². The SMILES string of the molecule is CC1(Nc2ccc(Br)cc2N)CCOCC1. The van der Waals surface area contributed by atoms with Crippen LogP contribution in [0.1, 0.15) is 19.8 Å². The molecule has 0 saturated carbocycles. The summed E-state index contributed by atoms with van der Waals surface area (Å²) < 4.78 is 6.38. The zero-order chi connectivity index (χ0) is 11.6. The second-order valence-corrected chi connectivity index (χ2v) is 5.45. The Balaban J connectivity index is 2.13. The number of rotatable bonds is 2. The molecule has 16 heavy (non-hydrogen) atoms. The zero-order valence-electron chi connectivity index (χ0n) is 9.42. The summed E-state index contributed by atoms with van der Waals surface area (Å²) in [5.74, 6) is 0. The summed E-state index contributed by atoms with van der Waals surface area (Å²) in [5.41, 5.74) is 7.86. The van der Waals surface area contributed by atoms with E-state index < -0.39 is 0 Å². The molecular formula is C12H17BrN2O. The molecule has 0 aliphatic carbocycles. The molecule has 1 aliphatic heterocycles. The van der Waals surface area contributed by atoms with Crippen molar-refractivity contribution in [2.45, 2.75) is 25.3 Å². The van der Waals surface area contributed by atoms with Gasteiger partial charge in [-0.25, -0.2) is 0 Å². The third-order valence-electron chi connectivity index (χ3n) is 3.05. The number of anilines is 2. The Morgan fingerprint density at radius 2 is 2.06 bits per heavy atom. The summed E-state index contributed by atoms with van der Waals surface area (Å²) >= 11 is 3.41. The average molecular weight is 285 g/mol.